The van der Waals surface area contributed by atoms with Crippen molar-refractivity contribution in [1.29, 1.82) is 0 Å². The molecule has 12 heteroatoms. The van der Waals surface area contributed by atoms with Crippen LogP contribution in [0, 0.1) is 5.92 Å². The molecule has 0 spiro atoms. The lowest BCUT2D eigenvalue weighted by Crippen LogP contribution is -2.50. The van der Waals surface area contributed by atoms with Gasteiger partial charge < -0.3 is 29.7 Å². The summed E-state index contributed by atoms with van der Waals surface area (Å²) in [6.07, 6.45) is -0.601. The first kappa shape index (κ1) is 32.8. The van der Waals surface area contributed by atoms with Gasteiger partial charge in [-0.3, -0.25) is 4.79 Å². The van der Waals surface area contributed by atoms with Crippen LogP contribution >= 0.6 is 0 Å². The molecule has 0 saturated heterocycles. The minimum Gasteiger partial charge on any atom is -0.497 e. The number of nitrogens with zero attached hydrogens (tertiary/aromatic N) is 3. The van der Waals surface area contributed by atoms with Crippen molar-refractivity contribution < 1.29 is 32.6 Å². The maximum atomic E-state index is 13.9. The highest BCUT2D eigenvalue weighted by Crippen LogP contribution is 2.37. The zero-order chi connectivity index (χ0) is 32.2. The highest BCUT2D eigenvalue weighted by atomic mass is 32.2. The predicted octanol–water partition coefficient (Wildman–Crippen LogP) is 4.00. The largest absolute Gasteiger partial charge is 0.497 e. The van der Waals surface area contributed by atoms with E-state index in [1.807, 2.05) is 13.0 Å². The number of methoxy groups -OCH3 is 1. The summed E-state index contributed by atoms with van der Waals surface area (Å²) in [6, 6.07) is 17.8. The zero-order valence-corrected chi connectivity index (χ0v) is 26.7. The molecule has 3 atom stereocenters. The van der Waals surface area contributed by atoms with Gasteiger partial charge in [0.2, 0.25) is 10.0 Å². The van der Waals surface area contributed by atoms with Gasteiger partial charge in [-0.15, -0.1) is 0 Å². The van der Waals surface area contributed by atoms with Gasteiger partial charge in [-0.05, 0) is 54.4 Å². The molecular formula is C32H40N4O7S. The van der Waals surface area contributed by atoms with Crippen LogP contribution in [0.2, 0.25) is 0 Å². The van der Waals surface area contributed by atoms with E-state index in [2.05, 4.69) is 5.32 Å². The molecular weight excluding hydrogens is 584 g/mol. The van der Waals surface area contributed by atoms with Crippen molar-refractivity contribution in [2.45, 2.75) is 30.9 Å². The third-order valence-electron chi connectivity index (χ3n) is 7.64. The van der Waals surface area contributed by atoms with Crippen LogP contribution < -0.4 is 14.8 Å². The fraction of sp³-hybridized carbons (Fsp3) is 0.375. The summed E-state index contributed by atoms with van der Waals surface area (Å²) in [5.41, 5.74) is 2.42. The summed E-state index contributed by atoms with van der Waals surface area (Å²) in [4.78, 5) is 28.7. The Morgan fingerprint density at radius 1 is 1.07 bits per heavy atom. The van der Waals surface area contributed by atoms with Crippen LogP contribution in [0.5, 0.6) is 11.5 Å². The highest BCUT2D eigenvalue weighted by Gasteiger charge is 2.38. The Morgan fingerprint density at radius 3 is 2.45 bits per heavy atom. The summed E-state index contributed by atoms with van der Waals surface area (Å²) in [5.74, 6) is 0.212. The molecule has 0 radical (unpaired) electrons. The molecule has 0 fully saturated rings. The smallest absolute Gasteiger partial charge is 0.321 e. The molecule has 1 heterocycles. The average molecular weight is 625 g/mol. The van der Waals surface area contributed by atoms with E-state index in [9.17, 15) is 23.1 Å². The molecule has 0 bridgehead atoms. The number of nitrogens with one attached hydrogen (secondary N) is 1. The number of sulfonamides is 1. The Labute approximate surface area is 259 Å². The second-order valence-corrected chi connectivity index (χ2v) is 13.1. The van der Waals surface area contributed by atoms with Gasteiger partial charge in [0.05, 0.1) is 20.3 Å². The van der Waals surface area contributed by atoms with Gasteiger partial charge in [0.1, 0.15) is 22.5 Å². The second kappa shape index (κ2) is 13.7. The molecule has 2 N–H and O–H groups in total. The van der Waals surface area contributed by atoms with Crippen molar-refractivity contribution in [3.8, 4) is 22.6 Å². The van der Waals surface area contributed by atoms with Gasteiger partial charge in [0, 0.05) is 57.0 Å². The second-order valence-electron chi connectivity index (χ2n) is 11.2. The number of carbonyl (C=O) groups is 2. The summed E-state index contributed by atoms with van der Waals surface area (Å²) in [6.45, 7) is 3.37. The average Bonchev–Trinajstić information content (AvgIpc) is 3.01. The number of aliphatic hydroxyl groups is 1. The van der Waals surface area contributed by atoms with E-state index in [0.717, 1.165) is 0 Å². The first-order chi connectivity index (χ1) is 20.8. The third kappa shape index (κ3) is 7.15. The van der Waals surface area contributed by atoms with E-state index >= 15 is 0 Å². The number of hydrogen-bond donors (Lipinski definition) is 2. The molecule has 44 heavy (non-hydrogen) atoms. The summed E-state index contributed by atoms with van der Waals surface area (Å²) < 4.78 is 40.7. The number of hydrogen-bond acceptors (Lipinski definition) is 7. The zero-order valence-electron chi connectivity index (χ0n) is 25.9. The number of urea groups is 1. The lowest BCUT2D eigenvalue weighted by atomic mass is 10.0. The first-order valence-corrected chi connectivity index (χ1v) is 15.7. The van der Waals surface area contributed by atoms with Crippen LogP contribution in [0.3, 0.4) is 0 Å². The number of likely N-dealkylation sites (N-methyl/N-ethyl adjacent to an activating group) is 1. The Morgan fingerprint density at radius 2 is 1.77 bits per heavy atom. The third-order valence-corrected chi connectivity index (χ3v) is 9.66. The van der Waals surface area contributed by atoms with Crippen LogP contribution in [-0.4, -0.2) is 99.7 Å². The van der Waals surface area contributed by atoms with Crippen LogP contribution in [0.15, 0.2) is 71.6 Å². The van der Waals surface area contributed by atoms with E-state index < -0.39 is 22.2 Å². The molecule has 3 aromatic carbocycles. The molecule has 0 unspecified atom stereocenters. The van der Waals surface area contributed by atoms with Crippen molar-refractivity contribution in [1.82, 2.24) is 14.1 Å². The fourth-order valence-corrected chi connectivity index (χ4v) is 6.81. The van der Waals surface area contributed by atoms with Crippen LogP contribution in [0.1, 0.15) is 24.2 Å². The van der Waals surface area contributed by atoms with Gasteiger partial charge in [-0.25, -0.2) is 13.2 Å². The fourth-order valence-electron chi connectivity index (χ4n) is 4.99. The molecule has 11 nitrogen and oxygen atoms in total. The number of fused-ring (bicyclic) bond motifs is 1. The molecule has 1 aliphatic rings. The van der Waals surface area contributed by atoms with Crippen LogP contribution in [-0.2, 0) is 10.0 Å². The molecule has 4 rings (SSSR count). The lowest BCUT2D eigenvalue weighted by molar-refractivity contribution is 0.0827. The quantitative estimate of drug-likeness (QED) is 0.388. The number of rotatable bonds is 8. The molecule has 0 aliphatic carbocycles. The number of anilines is 1. The molecule has 3 aromatic rings. The molecule has 0 saturated carbocycles. The number of amides is 3. The Kier molecular flexibility index (Phi) is 10.2. The van der Waals surface area contributed by atoms with Gasteiger partial charge >= 0.3 is 6.03 Å². The molecule has 3 amide bonds. The minimum atomic E-state index is -4.05. The number of benzene rings is 3. The molecule has 0 aromatic heterocycles. The predicted molar refractivity (Wildman–Crippen MR) is 169 cm³/mol. The van der Waals surface area contributed by atoms with Gasteiger partial charge in [0.15, 0.2) is 0 Å². The maximum absolute atomic E-state index is 13.9. The van der Waals surface area contributed by atoms with Crippen molar-refractivity contribution in [2.24, 2.45) is 5.92 Å². The van der Waals surface area contributed by atoms with Crippen LogP contribution in [0.4, 0.5) is 10.5 Å². The van der Waals surface area contributed by atoms with E-state index in [-0.39, 0.29) is 48.2 Å². The minimum absolute atomic E-state index is 0.0394. The van der Waals surface area contributed by atoms with Crippen molar-refractivity contribution in [3.63, 3.8) is 0 Å². The summed E-state index contributed by atoms with van der Waals surface area (Å²) in [5, 5.41) is 12.8. The van der Waals surface area contributed by atoms with E-state index in [1.54, 1.807) is 89.8 Å². The van der Waals surface area contributed by atoms with Crippen LogP contribution in [0.25, 0.3) is 11.1 Å². The Bertz CT molecular complexity index is 1610. The van der Waals surface area contributed by atoms with Crippen molar-refractivity contribution >= 4 is 27.6 Å². The highest BCUT2D eigenvalue weighted by molar-refractivity contribution is 7.89. The van der Waals surface area contributed by atoms with Crippen molar-refractivity contribution in [3.05, 3.63) is 72.3 Å². The first-order valence-electron chi connectivity index (χ1n) is 14.3. The molecule has 1 aliphatic heterocycles. The summed E-state index contributed by atoms with van der Waals surface area (Å²) in [7, 11) is 2.48. The molecule has 236 valence electrons. The SMILES string of the molecule is COc1cccc(NC(=O)N(C)C[C@@H]2Oc3cc(-c4cccc(C(=O)N(C)C)c4)ccc3S(=O)(=O)N([C@@H](C)CO)C[C@@H]2C)c1. The summed E-state index contributed by atoms with van der Waals surface area (Å²) >= 11 is 0. The van der Waals surface area contributed by atoms with Gasteiger partial charge in [-0.1, -0.05) is 31.2 Å². The number of ether oxygens (including phenoxy) is 2. The topological polar surface area (TPSA) is 129 Å². The van der Waals surface area contributed by atoms with Gasteiger partial charge in [0.25, 0.3) is 5.91 Å². The number of carbonyl (C=O) groups excluding carboxylic acids is 2. The van der Waals surface area contributed by atoms with E-state index in [4.69, 9.17) is 9.47 Å². The van der Waals surface area contributed by atoms with E-state index in [1.165, 1.54) is 20.2 Å². The maximum Gasteiger partial charge on any atom is 0.321 e. The Balaban J connectivity index is 1.70. The standard InChI is InChI=1S/C32H40N4O7S/c1-21-18-36(22(2)20-37)44(40,41)30-14-13-24(23-9-7-10-25(15-23)31(38)34(3)4)16-28(30)43-29(21)19-35(5)32(39)33-26-11-8-12-27(17-26)42-6/h7-17,21-22,29,37H,18-20H2,1-6H3,(H,33,39)/t21-,22-,29-/m0/s1. The van der Waals surface area contributed by atoms with E-state index in [0.29, 0.717) is 28.1 Å². The van der Waals surface area contributed by atoms with Gasteiger partial charge in [-0.2, -0.15) is 4.31 Å². The monoisotopic (exact) mass is 624 g/mol. The lowest BCUT2D eigenvalue weighted by Gasteiger charge is -2.37. The normalized spacial score (nSPS) is 18.5. The Hall–Kier alpha value is -4.13. The number of aliphatic hydroxyl groups excluding tert-OH is 1. The van der Waals surface area contributed by atoms with Crippen molar-refractivity contribution in [2.75, 3.05) is 53.3 Å².